The summed E-state index contributed by atoms with van der Waals surface area (Å²) in [5.74, 6) is -0.616. The van der Waals surface area contributed by atoms with E-state index in [9.17, 15) is 19.7 Å². The molecule has 0 saturated carbocycles. The summed E-state index contributed by atoms with van der Waals surface area (Å²) in [7, 11) is 0. The van der Waals surface area contributed by atoms with Gasteiger partial charge in [-0.2, -0.15) is 5.10 Å². The second-order valence-corrected chi connectivity index (χ2v) is 6.81. The zero-order valence-electron chi connectivity index (χ0n) is 16.5. The summed E-state index contributed by atoms with van der Waals surface area (Å²) < 4.78 is 5.44. The number of benzene rings is 3. The number of non-ortho nitro benzene ring substituents is 1. The molecule has 0 unspecified atom stereocenters. The molecule has 3 rings (SSSR count). The summed E-state index contributed by atoms with van der Waals surface area (Å²) in [5, 5.41) is 17.6. The topological polar surface area (TPSA) is 123 Å². The fourth-order valence-electron chi connectivity index (χ4n) is 2.57. The lowest BCUT2D eigenvalue weighted by atomic mass is 10.2. The molecule has 0 spiro atoms. The molecule has 3 aromatic carbocycles. The maximum absolute atomic E-state index is 12.1. The number of hydrogen-bond donors (Lipinski definition) is 2. The van der Waals surface area contributed by atoms with E-state index >= 15 is 0 Å². The third-order valence-corrected chi connectivity index (χ3v) is 4.37. The molecular formula is C22H17ClN4O5. The van der Waals surface area contributed by atoms with Crippen LogP contribution in [0, 0.1) is 10.1 Å². The second kappa shape index (κ2) is 10.7. The van der Waals surface area contributed by atoms with Gasteiger partial charge in [0.25, 0.3) is 17.5 Å². The van der Waals surface area contributed by atoms with Crippen LogP contribution in [0.15, 0.2) is 77.9 Å². The number of carbonyl (C=O) groups excluding carboxylic acids is 2. The molecule has 0 heterocycles. The Kier molecular flexibility index (Phi) is 7.50. The van der Waals surface area contributed by atoms with E-state index in [1.165, 1.54) is 24.4 Å². The third-order valence-electron chi connectivity index (χ3n) is 4.07. The number of amides is 2. The monoisotopic (exact) mass is 452 g/mol. The van der Waals surface area contributed by atoms with Crippen molar-refractivity contribution in [3.63, 3.8) is 0 Å². The predicted octanol–water partition coefficient (Wildman–Crippen LogP) is 4.03. The summed E-state index contributed by atoms with van der Waals surface area (Å²) in [5.41, 5.74) is 3.43. The molecule has 9 nitrogen and oxygen atoms in total. The van der Waals surface area contributed by atoms with E-state index in [4.69, 9.17) is 16.3 Å². The van der Waals surface area contributed by atoms with Crippen molar-refractivity contribution >= 4 is 41.0 Å². The second-order valence-electron chi connectivity index (χ2n) is 6.40. The van der Waals surface area contributed by atoms with E-state index in [2.05, 4.69) is 15.8 Å². The number of carbonyl (C=O) groups is 2. The van der Waals surface area contributed by atoms with Crippen LogP contribution in [0.5, 0.6) is 5.75 Å². The SMILES string of the molecule is O=C(COc1ccc(/C=N/NC(=O)c2cccc([N+](=O)[O-])c2)cc1Cl)Nc1ccccc1. The summed E-state index contributed by atoms with van der Waals surface area (Å²) in [6.07, 6.45) is 1.35. The molecular weight excluding hydrogens is 436 g/mol. The summed E-state index contributed by atoms with van der Waals surface area (Å²) in [6, 6.07) is 19.0. The normalized spacial score (nSPS) is 10.5. The number of rotatable bonds is 8. The van der Waals surface area contributed by atoms with E-state index in [-0.39, 0.29) is 28.8 Å². The molecule has 3 aromatic rings. The zero-order chi connectivity index (χ0) is 22.9. The van der Waals surface area contributed by atoms with Gasteiger partial charge in [-0.1, -0.05) is 35.9 Å². The number of nitro groups is 1. The molecule has 10 heteroatoms. The molecule has 2 amide bonds. The Bertz CT molecular complexity index is 1170. The first kappa shape index (κ1) is 22.4. The van der Waals surface area contributed by atoms with Crippen LogP contribution in [0.2, 0.25) is 5.02 Å². The number of para-hydroxylation sites is 1. The van der Waals surface area contributed by atoms with Crippen LogP contribution in [0.25, 0.3) is 0 Å². The van der Waals surface area contributed by atoms with Crippen molar-refractivity contribution < 1.29 is 19.2 Å². The maximum atomic E-state index is 12.1. The quantitative estimate of drug-likeness (QED) is 0.303. The van der Waals surface area contributed by atoms with Crippen LogP contribution < -0.4 is 15.5 Å². The van der Waals surface area contributed by atoms with E-state index in [0.717, 1.165) is 6.07 Å². The molecule has 0 saturated heterocycles. The van der Waals surface area contributed by atoms with Crippen LogP contribution in [-0.4, -0.2) is 29.6 Å². The summed E-state index contributed by atoms with van der Waals surface area (Å²) in [4.78, 5) is 34.3. The Morgan fingerprint density at radius 1 is 1.06 bits per heavy atom. The van der Waals surface area contributed by atoms with Crippen LogP contribution in [0.1, 0.15) is 15.9 Å². The minimum atomic E-state index is -0.597. The Morgan fingerprint density at radius 3 is 2.56 bits per heavy atom. The van der Waals surface area contributed by atoms with Gasteiger partial charge in [0.05, 0.1) is 16.2 Å². The highest BCUT2D eigenvalue weighted by Crippen LogP contribution is 2.25. The molecule has 162 valence electrons. The van der Waals surface area contributed by atoms with Gasteiger partial charge in [0.1, 0.15) is 5.75 Å². The van der Waals surface area contributed by atoms with Crippen molar-refractivity contribution in [2.24, 2.45) is 5.10 Å². The first-order valence-electron chi connectivity index (χ1n) is 9.27. The van der Waals surface area contributed by atoms with E-state index in [0.29, 0.717) is 17.0 Å². The number of hydrogen-bond acceptors (Lipinski definition) is 6. The Morgan fingerprint density at radius 2 is 1.84 bits per heavy atom. The number of nitrogens with one attached hydrogen (secondary N) is 2. The summed E-state index contributed by atoms with van der Waals surface area (Å²) >= 11 is 6.19. The lowest BCUT2D eigenvalue weighted by Gasteiger charge is -2.09. The highest BCUT2D eigenvalue weighted by Gasteiger charge is 2.11. The van der Waals surface area contributed by atoms with Crippen molar-refractivity contribution in [1.29, 1.82) is 0 Å². The molecule has 0 bridgehead atoms. The van der Waals surface area contributed by atoms with Gasteiger partial charge in [-0.25, -0.2) is 5.43 Å². The molecule has 0 aliphatic rings. The average molecular weight is 453 g/mol. The van der Waals surface area contributed by atoms with Crippen molar-refractivity contribution in [3.05, 3.63) is 99.1 Å². The first-order chi connectivity index (χ1) is 15.4. The van der Waals surface area contributed by atoms with E-state index in [1.807, 2.05) is 6.07 Å². The smallest absolute Gasteiger partial charge is 0.271 e. The minimum absolute atomic E-state index is 0.104. The summed E-state index contributed by atoms with van der Waals surface area (Å²) in [6.45, 7) is -0.221. The highest BCUT2D eigenvalue weighted by atomic mass is 35.5. The average Bonchev–Trinajstić information content (AvgIpc) is 2.79. The first-order valence-corrected chi connectivity index (χ1v) is 9.65. The molecule has 0 aliphatic heterocycles. The van der Waals surface area contributed by atoms with Gasteiger partial charge < -0.3 is 10.1 Å². The van der Waals surface area contributed by atoms with E-state index in [1.54, 1.807) is 42.5 Å². The van der Waals surface area contributed by atoms with Crippen LogP contribution >= 0.6 is 11.6 Å². The van der Waals surface area contributed by atoms with E-state index < -0.39 is 10.8 Å². The zero-order valence-corrected chi connectivity index (χ0v) is 17.3. The highest BCUT2D eigenvalue weighted by molar-refractivity contribution is 6.32. The maximum Gasteiger partial charge on any atom is 0.271 e. The van der Waals surface area contributed by atoms with Crippen LogP contribution in [0.3, 0.4) is 0 Å². The van der Waals surface area contributed by atoms with Gasteiger partial charge >= 0.3 is 0 Å². The predicted molar refractivity (Wildman–Crippen MR) is 120 cm³/mol. The largest absolute Gasteiger partial charge is 0.482 e. The van der Waals surface area contributed by atoms with Crippen LogP contribution in [-0.2, 0) is 4.79 Å². The lowest BCUT2D eigenvalue weighted by Crippen LogP contribution is -2.20. The number of halogens is 1. The van der Waals surface area contributed by atoms with Crippen molar-refractivity contribution in [2.75, 3.05) is 11.9 Å². The Labute approximate surface area is 187 Å². The number of anilines is 1. The third kappa shape index (κ3) is 6.38. The number of nitrogens with zero attached hydrogens (tertiary/aromatic N) is 2. The van der Waals surface area contributed by atoms with Gasteiger partial charge in [-0.3, -0.25) is 19.7 Å². The van der Waals surface area contributed by atoms with Gasteiger partial charge in [0.15, 0.2) is 6.61 Å². The van der Waals surface area contributed by atoms with Gasteiger partial charge in [0, 0.05) is 23.4 Å². The fraction of sp³-hybridized carbons (Fsp3) is 0.0455. The fourth-order valence-corrected chi connectivity index (χ4v) is 2.81. The number of ether oxygens (including phenoxy) is 1. The number of nitro benzene ring substituents is 1. The Hall–Kier alpha value is -4.24. The molecule has 32 heavy (non-hydrogen) atoms. The lowest BCUT2D eigenvalue weighted by molar-refractivity contribution is -0.384. The van der Waals surface area contributed by atoms with Crippen molar-refractivity contribution in [1.82, 2.24) is 5.43 Å². The molecule has 2 N–H and O–H groups in total. The Balaban J connectivity index is 1.53. The standard InChI is InChI=1S/C22H17ClN4O5/c23-19-11-15(13-24-26-22(29)16-5-4-8-18(12-16)27(30)31)9-10-20(19)32-14-21(28)25-17-6-2-1-3-7-17/h1-13H,14H2,(H,25,28)(H,26,29)/b24-13+. The molecule has 0 aromatic heterocycles. The van der Waals surface area contributed by atoms with Gasteiger partial charge in [-0.05, 0) is 42.0 Å². The molecule has 0 aliphatic carbocycles. The van der Waals surface area contributed by atoms with Gasteiger partial charge in [-0.15, -0.1) is 0 Å². The number of hydrazone groups is 1. The van der Waals surface area contributed by atoms with Crippen molar-refractivity contribution in [3.8, 4) is 5.75 Å². The van der Waals surface area contributed by atoms with Crippen LogP contribution in [0.4, 0.5) is 11.4 Å². The van der Waals surface area contributed by atoms with Gasteiger partial charge in [0.2, 0.25) is 0 Å². The molecule has 0 radical (unpaired) electrons. The van der Waals surface area contributed by atoms with Crippen molar-refractivity contribution in [2.45, 2.75) is 0 Å². The molecule has 0 atom stereocenters. The minimum Gasteiger partial charge on any atom is -0.482 e. The molecule has 0 fully saturated rings.